The van der Waals surface area contributed by atoms with Crippen LogP contribution >= 0.6 is 11.3 Å². The molecule has 0 spiro atoms. The third-order valence-corrected chi connectivity index (χ3v) is 3.91. The molecule has 0 radical (unpaired) electrons. The molecule has 1 aromatic heterocycles. The van der Waals surface area contributed by atoms with Gasteiger partial charge in [-0.2, -0.15) is 0 Å². The molecule has 2 heterocycles. The van der Waals surface area contributed by atoms with Crippen molar-refractivity contribution in [2.24, 2.45) is 0 Å². The van der Waals surface area contributed by atoms with E-state index in [0.29, 0.717) is 12.6 Å². The Morgan fingerprint density at radius 3 is 2.94 bits per heavy atom. The van der Waals surface area contributed by atoms with Gasteiger partial charge in [0.15, 0.2) is 5.78 Å². The van der Waals surface area contributed by atoms with Gasteiger partial charge in [0.25, 0.3) is 0 Å². The maximum atomic E-state index is 11.9. The number of likely N-dealkylation sites (N-methyl/N-ethyl adjacent to an activating group) is 1. The first-order valence-corrected chi connectivity index (χ1v) is 6.50. The average Bonchev–Trinajstić information content (AvgIpc) is 2.83. The maximum absolute atomic E-state index is 11.9. The van der Waals surface area contributed by atoms with Gasteiger partial charge in [-0.15, -0.1) is 11.3 Å². The molecule has 0 atom stereocenters. The number of ketones is 1. The van der Waals surface area contributed by atoms with E-state index in [4.69, 9.17) is 4.74 Å². The highest BCUT2D eigenvalue weighted by molar-refractivity contribution is 7.12. The smallest absolute Gasteiger partial charge is 0.186 e. The molecule has 0 aromatic carbocycles. The number of Topliss-reactive ketones (excluding diaryl/α,β-unsaturated/α-hetero) is 1. The number of ether oxygens (including phenoxy) is 1. The summed E-state index contributed by atoms with van der Waals surface area (Å²) >= 11 is 1.52. The maximum Gasteiger partial charge on any atom is 0.186 e. The fourth-order valence-electron chi connectivity index (χ4n) is 2.00. The minimum atomic E-state index is 0.226. The monoisotopic (exact) mass is 239 g/mol. The van der Waals surface area contributed by atoms with E-state index in [0.717, 1.165) is 30.9 Å². The zero-order valence-corrected chi connectivity index (χ0v) is 10.3. The third-order valence-electron chi connectivity index (χ3n) is 3.00. The van der Waals surface area contributed by atoms with Crippen molar-refractivity contribution in [1.82, 2.24) is 4.90 Å². The van der Waals surface area contributed by atoms with E-state index >= 15 is 0 Å². The molecule has 0 bridgehead atoms. The van der Waals surface area contributed by atoms with Crippen molar-refractivity contribution in [2.75, 3.05) is 26.8 Å². The van der Waals surface area contributed by atoms with Crippen molar-refractivity contribution >= 4 is 17.1 Å². The van der Waals surface area contributed by atoms with Crippen LogP contribution in [0.2, 0.25) is 0 Å². The van der Waals surface area contributed by atoms with E-state index < -0.39 is 0 Å². The summed E-state index contributed by atoms with van der Waals surface area (Å²) in [6, 6.07) is 4.31. The van der Waals surface area contributed by atoms with Crippen molar-refractivity contribution in [2.45, 2.75) is 18.9 Å². The predicted molar refractivity (Wildman–Crippen MR) is 65.1 cm³/mol. The summed E-state index contributed by atoms with van der Waals surface area (Å²) in [7, 11) is 2.03. The zero-order chi connectivity index (χ0) is 11.4. The lowest BCUT2D eigenvalue weighted by Gasteiger charge is -2.30. The number of nitrogens with zero attached hydrogens (tertiary/aromatic N) is 1. The number of hydrogen-bond acceptors (Lipinski definition) is 4. The Balaban J connectivity index is 1.86. The highest BCUT2D eigenvalue weighted by Crippen LogP contribution is 2.15. The Hall–Kier alpha value is -0.710. The van der Waals surface area contributed by atoms with Crippen molar-refractivity contribution in [3.63, 3.8) is 0 Å². The molecule has 1 aliphatic heterocycles. The Kier molecular flexibility index (Phi) is 4.09. The van der Waals surface area contributed by atoms with E-state index in [1.54, 1.807) is 0 Å². The van der Waals surface area contributed by atoms with E-state index in [9.17, 15) is 4.79 Å². The summed E-state index contributed by atoms with van der Waals surface area (Å²) in [5.41, 5.74) is 0. The van der Waals surface area contributed by atoms with Crippen LogP contribution in [0.3, 0.4) is 0 Å². The summed E-state index contributed by atoms with van der Waals surface area (Å²) in [6.45, 7) is 2.16. The molecule has 0 aliphatic carbocycles. The molecule has 16 heavy (non-hydrogen) atoms. The molecule has 0 unspecified atom stereocenters. The SMILES string of the molecule is CN(CC(=O)c1cccs1)C1CCOCC1. The zero-order valence-electron chi connectivity index (χ0n) is 9.52. The average molecular weight is 239 g/mol. The molecular weight excluding hydrogens is 222 g/mol. The van der Waals surface area contributed by atoms with Crippen LogP contribution in [0.5, 0.6) is 0 Å². The first kappa shape index (κ1) is 11.8. The van der Waals surface area contributed by atoms with Gasteiger partial charge in [0.1, 0.15) is 0 Å². The fraction of sp³-hybridized carbons (Fsp3) is 0.583. The van der Waals surface area contributed by atoms with Crippen molar-refractivity contribution in [3.8, 4) is 0 Å². The molecule has 1 saturated heterocycles. The van der Waals surface area contributed by atoms with E-state index in [-0.39, 0.29) is 5.78 Å². The summed E-state index contributed by atoms with van der Waals surface area (Å²) in [4.78, 5) is 14.9. The molecule has 0 N–H and O–H groups in total. The molecular formula is C12H17NO2S. The largest absolute Gasteiger partial charge is 0.381 e. The molecule has 2 rings (SSSR count). The molecule has 88 valence electrons. The molecule has 3 nitrogen and oxygen atoms in total. The number of rotatable bonds is 4. The lowest BCUT2D eigenvalue weighted by atomic mass is 10.1. The van der Waals surface area contributed by atoms with Crippen LogP contribution in [0.15, 0.2) is 17.5 Å². The minimum absolute atomic E-state index is 0.226. The molecule has 4 heteroatoms. The Morgan fingerprint density at radius 2 is 2.31 bits per heavy atom. The topological polar surface area (TPSA) is 29.5 Å². The van der Waals surface area contributed by atoms with E-state index in [1.165, 1.54) is 11.3 Å². The number of carbonyl (C=O) groups excluding carboxylic acids is 1. The molecule has 1 fully saturated rings. The van der Waals surface area contributed by atoms with Gasteiger partial charge in [0.05, 0.1) is 11.4 Å². The van der Waals surface area contributed by atoms with Crippen LogP contribution in [0.1, 0.15) is 22.5 Å². The molecule has 1 aromatic rings. The van der Waals surface area contributed by atoms with Crippen molar-refractivity contribution < 1.29 is 9.53 Å². The number of hydrogen-bond donors (Lipinski definition) is 0. The van der Waals surface area contributed by atoms with Gasteiger partial charge in [-0.25, -0.2) is 0 Å². The second-order valence-corrected chi connectivity index (χ2v) is 5.11. The van der Waals surface area contributed by atoms with Crippen molar-refractivity contribution in [3.05, 3.63) is 22.4 Å². The number of thiophene rings is 1. The highest BCUT2D eigenvalue weighted by Gasteiger charge is 2.20. The van der Waals surface area contributed by atoms with Gasteiger partial charge >= 0.3 is 0 Å². The van der Waals surface area contributed by atoms with Crippen LogP contribution in [0.25, 0.3) is 0 Å². The Labute approximate surface area is 100 Å². The van der Waals surface area contributed by atoms with Crippen LogP contribution in [0, 0.1) is 0 Å². The molecule has 0 amide bonds. The van der Waals surface area contributed by atoms with E-state index in [1.807, 2.05) is 24.6 Å². The van der Waals surface area contributed by atoms with Crippen molar-refractivity contribution in [1.29, 1.82) is 0 Å². The van der Waals surface area contributed by atoms with Gasteiger partial charge in [-0.3, -0.25) is 9.69 Å². The summed E-state index contributed by atoms with van der Waals surface area (Å²) < 4.78 is 5.32. The van der Waals surface area contributed by atoms with Gasteiger partial charge < -0.3 is 4.74 Å². The molecule has 1 aliphatic rings. The fourth-order valence-corrected chi connectivity index (χ4v) is 2.65. The standard InChI is InChI=1S/C12H17NO2S/c1-13(10-4-6-15-7-5-10)9-11(14)12-3-2-8-16-12/h2-3,8,10H,4-7,9H2,1H3. The normalized spacial score (nSPS) is 17.9. The quantitative estimate of drug-likeness (QED) is 0.753. The van der Waals surface area contributed by atoms with Gasteiger partial charge in [0.2, 0.25) is 0 Å². The Bertz CT molecular complexity index is 331. The van der Waals surface area contributed by atoms with Crippen LogP contribution in [-0.4, -0.2) is 43.5 Å². The van der Waals surface area contributed by atoms with Gasteiger partial charge in [-0.1, -0.05) is 6.07 Å². The lowest BCUT2D eigenvalue weighted by molar-refractivity contribution is 0.0419. The second-order valence-electron chi connectivity index (χ2n) is 4.16. The third kappa shape index (κ3) is 2.90. The summed E-state index contributed by atoms with van der Waals surface area (Å²) in [5, 5.41) is 1.95. The lowest BCUT2D eigenvalue weighted by Crippen LogP contribution is -2.39. The number of carbonyl (C=O) groups is 1. The predicted octanol–water partition coefficient (Wildman–Crippen LogP) is 2.04. The highest BCUT2D eigenvalue weighted by atomic mass is 32.1. The summed E-state index contributed by atoms with van der Waals surface area (Å²) in [5.74, 6) is 0.226. The van der Waals surface area contributed by atoms with E-state index in [2.05, 4.69) is 4.90 Å². The summed E-state index contributed by atoms with van der Waals surface area (Å²) in [6.07, 6.45) is 2.07. The van der Waals surface area contributed by atoms with Crippen LogP contribution < -0.4 is 0 Å². The first-order valence-electron chi connectivity index (χ1n) is 5.62. The van der Waals surface area contributed by atoms with Crippen LogP contribution in [-0.2, 0) is 4.74 Å². The second kappa shape index (κ2) is 5.57. The minimum Gasteiger partial charge on any atom is -0.381 e. The first-order chi connectivity index (χ1) is 7.77. The van der Waals surface area contributed by atoms with Crippen LogP contribution in [0.4, 0.5) is 0 Å². The van der Waals surface area contributed by atoms with Gasteiger partial charge in [0, 0.05) is 19.3 Å². The van der Waals surface area contributed by atoms with Gasteiger partial charge in [-0.05, 0) is 31.3 Å². The Morgan fingerprint density at radius 1 is 1.56 bits per heavy atom. The molecule has 0 saturated carbocycles.